The molecule has 2 aromatic carbocycles. The number of unbranched alkanes of at least 4 members (excludes halogenated alkanes) is 1. The number of rotatable bonds is 8. The zero-order chi connectivity index (χ0) is 20.9. The van der Waals surface area contributed by atoms with Gasteiger partial charge in [0.2, 0.25) is 17.6 Å². The number of carbonyl (C=O) groups excluding carboxylic acids is 1. The highest BCUT2D eigenvalue weighted by molar-refractivity contribution is 5.79. The third kappa shape index (κ3) is 4.53. The molecule has 156 valence electrons. The third-order valence-electron chi connectivity index (χ3n) is 5.51. The van der Waals surface area contributed by atoms with E-state index in [0.29, 0.717) is 31.2 Å². The summed E-state index contributed by atoms with van der Waals surface area (Å²) in [5.41, 5.74) is 3.23. The number of amides is 1. The summed E-state index contributed by atoms with van der Waals surface area (Å²) in [7, 11) is 0. The molecular weight excluding hydrogens is 378 g/mol. The summed E-state index contributed by atoms with van der Waals surface area (Å²) < 4.78 is 11.2. The van der Waals surface area contributed by atoms with Crippen LogP contribution in [0.5, 0.6) is 5.75 Å². The molecule has 6 heteroatoms. The predicted molar refractivity (Wildman–Crippen MR) is 114 cm³/mol. The minimum absolute atomic E-state index is 0.0700. The van der Waals surface area contributed by atoms with Gasteiger partial charge in [-0.2, -0.15) is 4.98 Å². The second-order valence-corrected chi connectivity index (χ2v) is 7.78. The predicted octanol–water partition coefficient (Wildman–Crippen LogP) is 4.74. The molecule has 1 aliphatic rings. The van der Waals surface area contributed by atoms with E-state index in [1.165, 1.54) is 11.1 Å². The maximum Gasteiger partial charge on any atom is 0.232 e. The van der Waals surface area contributed by atoms with Gasteiger partial charge < -0.3 is 14.2 Å². The summed E-state index contributed by atoms with van der Waals surface area (Å²) in [6.45, 7) is 6.14. The highest BCUT2D eigenvalue weighted by Gasteiger charge is 2.34. The average molecular weight is 405 g/mol. The Balaban J connectivity index is 1.40. The van der Waals surface area contributed by atoms with E-state index in [-0.39, 0.29) is 11.8 Å². The zero-order valence-electron chi connectivity index (χ0n) is 17.5. The van der Waals surface area contributed by atoms with Gasteiger partial charge in [0.25, 0.3) is 0 Å². The fourth-order valence-corrected chi connectivity index (χ4v) is 3.64. The van der Waals surface area contributed by atoms with Crippen LogP contribution >= 0.6 is 0 Å². The Morgan fingerprint density at radius 3 is 2.73 bits per heavy atom. The van der Waals surface area contributed by atoms with E-state index in [9.17, 15) is 4.79 Å². The molecule has 1 fully saturated rings. The summed E-state index contributed by atoms with van der Waals surface area (Å²) in [5, 5.41) is 4.13. The molecule has 1 unspecified atom stereocenters. The van der Waals surface area contributed by atoms with Crippen molar-refractivity contribution in [3.63, 3.8) is 0 Å². The number of hydrogen-bond donors (Lipinski definition) is 0. The van der Waals surface area contributed by atoms with E-state index in [1.807, 2.05) is 41.3 Å². The molecular formula is C24H27N3O3. The number of aryl methyl sites for hydroxylation is 1. The summed E-state index contributed by atoms with van der Waals surface area (Å²) in [6.07, 6.45) is 2.55. The van der Waals surface area contributed by atoms with Gasteiger partial charge in [0.05, 0.1) is 12.5 Å². The molecule has 0 saturated carbocycles. The monoisotopic (exact) mass is 405 g/mol. The maximum absolute atomic E-state index is 12.5. The number of ether oxygens (including phenoxy) is 1. The van der Waals surface area contributed by atoms with Crippen molar-refractivity contribution in [2.24, 2.45) is 0 Å². The molecule has 1 aromatic heterocycles. The van der Waals surface area contributed by atoms with Gasteiger partial charge in [-0.1, -0.05) is 42.8 Å². The van der Waals surface area contributed by atoms with E-state index in [0.717, 1.165) is 30.8 Å². The normalized spacial score (nSPS) is 16.3. The van der Waals surface area contributed by atoms with Gasteiger partial charge in [0.15, 0.2) is 0 Å². The SMILES string of the molecule is CCCCOc1ccc(-c2noc(C3CC(=O)N(Cc4ccccc4C)C3)n2)cc1. The molecule has 3 aromatic rings. The molecule has 0 spiro atoms. The Hall–Kier alpha value is -3.15. The molecule has 0 N–H and O–H groups in total. The van der Waals surface area contributed by atoms with E-state index < -0.39 is 0 Å². The summed E-state index contributed by atoms with van der Waals surface area (Å²) in [4.78, 5) is 19.0. The minimum atomic E-state index is -0.0700. The highest BCUT2D eigenvalue weighted by atomic mass is 16.5. The van der Waals surface area contributed by atoms with Crippen molar-refractivity contribution in [2.75, 3.05) is 13.2 Å². The lowest BCUT2D eigenvalue weighted by atomic mass is 10.1. The fourth-order valence-electron chi connectivity index (χ4n) is 3.64. The summed E-state index contributed by atoms with van der Waals surface area (Å²) in [6, 6.07) is 15.9. The first kappa shape index (κ1) is 20.1. The Labute approximate surface area is 176 Å². The molecule has 0 radical (unpaired) electrons. The van der Waals surface area contributed by atoms with Crippen LogP contribution in [0.25, 0.3) is 11.4 Å². The van der Waals surface area contributed by atoms with Crippen LogP contribution in [0.1, 0.15) is 49.1 Å². The largest absolute Gasteiger partial charge is 0.494 e. The van der Waals surface area contributed by atoms with Crippen molar-refractivity contribution < 1.29 is 14.1 Å². The van der Waals surface area contributed by atoms with Gasteiger partial charge in [-0.05, 0) is 48.7 Å². The fraction of sp³-hybridized carbons (Fsp3) is 0.375. The Bertz CT molecular complexity index is 997. The van der Waals surface area contributed by atoms with Gasteiger partial charge in [-0.3, -0.25) is 4.79 Å². The van der Waals surface area contributed by atoms with Crippen molar-refractivity contribution in [3.8, 4) is 17.1 Å². The van der Waals surface area contributed by atoms with Gasteiger partial charge >= 0.3 is 0 Å². The van der Waals surface area contributed by atoms with Crippen LogP contribution in [0.15, 0.2) is 53.1 Å². The van der Waals surface area contributed by atoms with Crippen molar-refractivity contribution in [3.05, 3.63) is 65.5 Å². The first-order chi connectivity index (χ1) is 14.6. The molecule has 1 aliphatic heterocycles. The Kier molecular flexibility index (Phi) is 6.12. The van der Waals surface area contributed by atoms with Crippen LogP contribution < -0.4 is 4.74 Å². The lowest BCUT2D eigenvalue weighted by Gasteiger charge is -2.17. The molecule has 1 amide bonds. The number of hydrogen-bond acceptors (Lipinski definition) is 5. The molecule has 6 nitrogen and oxygen atoms in total. The minimum Gasteiger partial charge on any atom is -0.494 e. The van der Waals surface area contributed by atoms with Crippen LogP contribution in [0, 0.1) is 6.92 Å². The van der Waals surface area contributed by atoms with E-state index in [1.54, 1.807) is 0 Å². The Morgan fingerprint density at radius 2 is 1.97 bits per heavy atom. The molecule has 2 heterocycles. The highest BCUT2D eigenvalue weighted by Crippen LogP contribution is 2.30. The van der Waals surface area contributed by atoms with E-state index in [2.05, 4.69) is 36.1 Å². The van der Waals surface area contributed by atoms with Crippen LogP contribution in [0.2, 0.25) is 0 Å². The number of carbonyl (C=O) groups is 1. The van der Waals surface area contributed by atoms with E-state index >= 15 is 0 Å². The number of nitrogens with zero attached hydrogens (tertiary/aromatic N) is 3. The topological polar surface area (TPSA) is 68.5 Å². The second-order valence-electron chi connectivity index (χ2n) is 7.78. The van der Waals surface area contributed by atoms with Crippen molar-refractivity contribution in [1.82, 2.24) is 15.0 Å². The van der Waals surface area contributed by atoms with Gasteiger partial charge in [0.1, 0.15) is 5.75 Å². The standard InChI is InChI=1S/C24H27N3O3/c1-3-4-13-29-21-11-9-18(10-12-21)23-25-24(30-26-23)20-14-22(28)27(16-20)15-19-8-6-5-7-17(19)2/h5-12,20H,3-4,13-16H2,1-2H3. The van der Waals surface area contributed by atoms with Crippen LogP contribution in [-0.4, -0.2) is 34.1 Å². The lowest BCUT2D eigenvalue weighted by Crippen LogP contribution is -2.24. The molecule has 30 heavy (non-hydrogen) atoms. The second kappa shape index (κ2) is 9.11. The Morgan fingerprint density at radius 1 is 1.17 bits per heavy atom. The van der Waals surface area contributed by atoms with Gasteiger partial charge in [0, 0.05) is 25.1 Å². The first-order valence-electron chi connectivity index (χ1n) is 10.5. The van der Waals surface area contributed by atoms with Crippen LogP contribution in [-0.2, 0) is 11.3 Å². The lowest BCUT2D eigenvalue weighted by molar-refractivity contribution is -0.128. The van der Waals surface area contributed by atoms with Crippen molar-refractivity contribution >= 4 is 5.91 Å². The van der Waals surface area contributed by atoms with Crippen molar-refractivity contribution in [2.45, 2.75) is 45.6 Å². The summed E-state index contributed by atoms with van der Waals surface area (Å²) >= 11 is 0. The molecule has 4 rings (SSSR count). The maximum atomic E-state index is 12.5. The third-order valence-corrected chi connectivity index (χ3v) is 5.51. The van der Waals surface area contributed by atoms with Gasteiger partial charge in [-0.25, -0.2) is 0 Å². The zero-order valence-corrected chi connectivity index (χ0v) is 17.5. The average Bonchev–Trinajstić information content (AvgIpc) is 3.38. The van der Waals surface area contributed by atoms with E-state index in [4.69, 9.17) is 9.26 Å². The van der Waals surface area contributed by atoms with Crippen molar-refractivity contribution in [1.29, 1.82) is 0 Å². The molecule has 1 saturated heterocycles. The number of benzene rings is 2. The quantitative estimate of drug-likeness (QED) is 0.506. The smallest absolute Gasteiger partial charge is 0.232 e. The molecule has 0 bridgehead atoms. The van der Waals surface area contributed by atoms with Crippen LogP contribution in [0.3, 0.4) is 0 Å². The first-order valence-corrected chi connectivity index (χ1v) is 10.5. The number of likely N-dealkylation sites (tertiary alicyclic amines) is 1. The molecule has 0 aliphatic carbocycles. The van der Waals surface area contributed by atoms with Gasteiger partial charge in [-0.15, -0.1) is 0 Å². The molecule has 1 atom stereocenters. The summed E-state index contributed by atoms with van der Waals surface area (Å²) in [5.74, 6) is 1.95. The van der Waals surface area contributed by atoms with Crippen LogP contribution in [0.4, 0.5) is 0 Å². The number of aromatic nitrogens is 2.